The van der Waals surface area contributed by atoms with E-state index in [1.807, 2.05) is 60.5 Å². The number of ether oxygens (including phenoxy) is 1. The molecule has 0 radical (unpaired) electrons. The monoisotopic (exact) mass is 362 g/mol. The third-order valence-corrected chi connectivity index (χ3v) is 3.84. The van der Waals surface area contributed by atoms with Crippen molar-refractivity contribution in [1.82, 2.24) is 4.90 Å². The highest BCUT2D eigenvalue weighted by Crippen LogP contribution is 2.21. The van der Waals surface area contributed by atoms with Crippen LogP contribution in [0.5, 0.6) is 5.75 Å². The fourth-order valence-electron chi connectivity index (χ4n) is 2.14. The topological polar surface area (TPSA) is 41.6 Å². The Bertz CT molecular complexity index is 646. The lowest BCUT2D eigenvalue weighted by molar-refractivity contribution is -0.117. The molecule has 4 nitrogen and oxygen atoms in total. The molecule has 0 aliphatic heterocycles. The van der Waals surface area contributed by atoms with Gasteiger partial charge in [0.25, 0.3) is 0 Å². The van der Waals surface area contributed by atoms with Gasteiger partial charge >= 0.3 is 0 Å². The van der Waals surface area contributed by atoms with Crippen LogP contribution in [0.25, 0.3) is 0 Å². The van der Waals surface area contributed by atoms with Gasteiger partial charge in [-0.1, -0.05) is 24.3 Å². The number of anilines is 1. The summed E-state index contributed by atoms with van der Waals surface area (Å²) in [7, 11) is 3.56. The van der Waals surface area contributed by atoms with Crippen LogP contribution in [0.3, 0.4) is 0 Å². The van der Waals surface area contributed by atoms with E-state index >= 15 is 0 Å². The molecule has 0 fully saturated rings. The van der Waals surface area contributed by atoms with E-state index in [0.717, 1.165) is 21.5 Å². The van der Waals surface area contributed by atoms with Gasteiger partial charge in [0.2, 0.25) is 5.91 Å². The Hall–Kier alpha value is -1.85. The van der Waals surface area contributed by atoms with Gasteiger partial charge in [-0.25, -0.2) is 0 Å². The van der Waals surface area contributed by atoms with E-state index in [4.69, 9.17) is 4.74 Å². The molecule has 0 bridgehead atoms. The zero-order valence-electron chi connectivity index (χ0n) is 12.7. The molecule has 0 saturated heterocycles. The zero-order valence-corrected chi connectivity index (χ0v) is 14.3. The summed E-state index contributed by atoms with van der Waals surface area (Å²) in [6, 6.07) is 15.4. The van der Waals surface area contributed by atoms with E-state index in [1.54, 1.807) is 7.11 Å². The molecule has 1 N–H and O–H groups in total. The highest BCUT2D eigenvalue weighted by atomic mass is 79.9. The molecule has 22 heavy (non-hydrogen) atoms. The van der Waals surface area contributed by atoms with Crippen molar-refractivity contribution in [2.24, 2.45) is 0 Å². The molecular weight excluding hydrogens is 344 g/mol. The van der Waals surface area contributed by atoms with Crippen molar-refractivity contribution in [2.75, 3.05) is 26.0 Å². The minimum Gasteiger partial charge on any atom is -0.497 e. The number of hydrogen-bond donors (Lipinski definition) is 1. The number of para-hydroxylation sites is 1. The molecule has 116 valence electrons. The number of benzene rings is 2. The second-order valence-corrected chi connectivity index (χ2v) is 5.91. The molecule has 0 aliphatic rings. The van der Waals surface area contributed by atoms with E-state index in [0.29, 0.717) is 13.1 Å². The van der Waals surface area contributed by atoms with Gasteiger partial charge in [-0.05, 0) is 52.8 Å². The number of likely N-dealkylation sites (N-methyl/N-ethyl adjacent to an activating group) is 1. The molecule has 0 aromatic heterocycles. The maximum atomic E-state index is 12.1. The first kappa shape index (κ1) is 16.5. The first-order valence-electron chi connectivity index (χ1n) is 6.94. The maximum absolute atomic E-state index is 12.1. The molecule has 0 spiro atoms. The van der Waals surface area contributed by atoms with Crippen LogP contribution in [0.15, 0.2) is 53.0 Å². The molecule has 2 rings (SSSR count). The molecule has 5 heteroatoms. The second kappa shape index (κ2) is 7.96. The number of halogens is 1. The Morgan fingerprint density at radius 2 is 2.00 bits per heavy atom. The third-order valence-electron chi connectivity index (χ3n) is 3.15. The lowest BCUT2D eigenvalue weighted by atomic mass is 10.2. The lowest BCUT2D eigenvalue weighted by Crippen LogP contribution is -2.29. The zero-order chi connectivity index (χ0) is 15.9. The minimum absolute atomic E-state index is 0.0442. The number of rotatable bonds is 6. The van der Waals surface area contributed by atoms with E-state index in [1.165, 1.54) is 0 Å². The lowest BCUT2D eigenvalue weighted by Gasteiger charge is -2.17. The van der Waals surface area contributed by atoms with Crippen LogP contribution in [-0.2, 0) is 11.3 Å². The summed E-state index contributed by atoms with van der Waals surface area (Å²) in [5.74, 6) is 0.779. The van der Waals surface area contributed by atoms with Gasteiger partial charge in [-0.15, -0.1) is 0 Å². The SMILES string of the molecule is COc1cccc(CN(C)CC(=O)Nc2ccccc2Br)c1. The number of hydrogen-bond acceptors (Lipinski definition) is 3. The van der Waals surface area contributed by atoms with Crippen molar-refractivity contribution in [3.63, 3.8) is 0 Å². The number of methoxy groups -OCH3 is 1. The van der Waals surface area contributed by atoms with Gasteiger partial charge in [-0.3, -0.25) is 9.69 Å². The number of carbonyl (C=O) groups excluding carboxylic acids is 1. The summed E-state index contributed by atoms with van der Waals surface area (Å²) in [5, 5.41) is 2.90. The van der Waals surface area contributed by atoms with Gasteiger partial charge in [0.1, 0.15) is 5.75 Å². The number of carbonyl (C=O) groups is 1. The Morgan fingerprint density at radius 1 is 1.23 bits per heavy atom. The quantitative estimate of drug-likeness (QED) is 0.854. The third kappa shape index (κ3) is 4.86. The molecule has 0 heterocycles. The van der Waals surface area contributed by atoms with E-state index < -0.39 is 0 Å². The van der Waals surface area contributed by atoms with Crippen molar-refractivity contribution >= 4 is 27.5 Å². The summed E-state index contributed by atoms with van der Waals surface area (Å²) in [6.45, 7) is 0.999. The number of nitrogens with one attached hydrogen (secondary N) is 1. The fourth-order valence-corrected chi connectivity index (χ4v) is 2.52. The molecule has 1 amide bonds. The van der Waals surface area contributed by atoms with Crippen LogP contribution in [0.4, 0.5) is 5.69 Å². The van der Waals surface area contributed by atoms with Crippen LogP contribution < -0.4 is 10.1 Å². The molecule has 2 aromatic carbocycles. The average molecular weight is 363 g/mol. The highest BCUT2D eigenvalue weighted by Gasteiger charge is 2.09. The van der Waals surface area contributed by atoms with Crippen molar-refractivity contribution in [3.05, 3.63) is 58.6 Å². The second-order valence-electron chi connectivity index (χ2n) is 5.05. The minimum atomic E-state index is -0.0442. The fraction of sp³-hybridized carbons (Fsp3) is 0.235. The Kier molecular flexibility index (Phi) is 5.98. The maximum Gasteiger partial charge on any atom is 0.238 e. The van der Waals surface area contributed by atoms with E-state index in [2.05, 4.69) is 21.2 Å². The summed E-state index contributed by atoms with van der Waals surface area (Å²) in [5.41, 5.74) is 1.89. The summed E-state index contributed by atoms with van der Waals surface area (Å²) in [4.78, 5) is 14.0. The van der Waals surface area contributed by atoms with E-state index in [-0.39, 0.29) is 5.91 Å². The van der Waals surface area contributed by atoms with Gasteiger partial charge in [0, 0.05) is 11.0 Å². The molecule has 2 aromatic rings. The predicted molar refractivity (Wildman–Crippen MR) is 92.1 cm³/mol. The van der Waals surface area contributed by atoms with Crippen LogP contribution in [0, 0.1) is 0 Å². The summed E-state index contributed by atoms with van der Waals surface area (Å²) >= 11 is 3.42. The van der Waals surface area contributed by atoms with Crippen LogP contribution in [0.2, 0.25) is 0 Å². The summed E-state index contributed by atoms with van der Waals surface area (Å²) in [6.07, 6.45) is 0. The molecular formula is C17H19BrN2O2. The average Bonchev–Trinajstić information content (AvgIpc) is 2.49. The smallest absolute Gasteiger partial charge is 0.238 e. The molecule has 0 atom stereocenters. The molecule has 0 unspecified atom stereocenters. The van der Waals surface area contributed by atoms with Crippen LogP contribution in [-0.4, -0.2) is 31.5 Å². The van der Waals surface area contributed by atoms with Gasteiger partial charge in [-0.2, -0.15) is 0 Å². The molecule has 0 saturated carbocycles. The number of amides is 1. The van der Waals surface area contributed by atoms with Gasteiger partial charge < -0.3 is 10.1 Å². The predicted octanol–water partition coefficient (Wildman–Crippen LogP) is 3.53. The Labute approximate surface area is 139 Å². The van der Waals surface area contributed by atoms with Crippen molar-refractivity contribution in [2.45, 2.75) is 6.54 Å². The Morgan fingerprint density at radius 3 is 2.73 bits per heavy atom. The first-order valence-corrected chi connectivity index (χ1v) is 7.73. The number of nitrogens with zero attached hydrogens (tertiary/aromatic N) is 1. The highest BCUT2D eigenvalue weighted by molar-refractivity contribution is 9.10. The first-order chi connectivity index (χ1) is 10.6. The van der Waals surface area contributed by atoms with Crippen molar-refractivity contribution < 1.29 is 9.53 Å². The molecule has 0 aliphatic carbocycles. The largest absolute Gasteiger partial charge is 0.497 e. The van der Waals surface area contributed by atoms with Crippen LogP contribution in [0.1, 0.15) is 5.56 Å². The Balaban J connectivity index is 1.89. The van der Waals surface area contributed by atoms with Gasteiger partial charge in [0.05, 0.1) is 19.3 Å². The van der Waals surface area contributed by atoms with Crippen molar-refractivity contribution in [1.29, 1.82) is 0 Å². The van der Waals surface area contributed by atoms with Crippen molar-refractivity contribution in [3.8, 4) is 5.75 Å². The normalized spacial score (nSPS) is 10.5. The van der Waals surface area contributed by atoms with E-state index in [9.17, 15) is 4.79 Å². The van der Waals surface area contributed by atoms with Crippen LogP contribution >= 0.6 is 15.9 Å². The van der Waals surface area contributed by atoms with Gasteiger partial charge in [0.15, 0.2) is 0 Å². The summed E-state index contributed by atoms with van der Waals surface area (Å²) < 4.78 is 6.08. The standard InChI is InChI=1S/C17H19BrN2O2/c1-20(11-13-6-5-7-14(10-13)22-2)12-17(21)19-16-9-4-3-8-15(16)18/h3-10H,11-12H2,1-2H3,(H,19,21).